The molecule has 5 heteroatoms. The molecular weight excluding hydrogens is 246 g/mol. The molecule has 2 atom stereocenters. The Morgan fingerprint density at radius 1 is 1.32 bits per heavy atom. The summed E-state index contributed by atoms with van der Waals surface area (Å²) in [4.78, 5) is 25.0. The van der Waals surface area contributed by atoms with E-state index in [0.717, 1.165) is 19.3 Å². The summed E-state index contributed by atoms with van der Waals surface area (Å²) < 4.78 is 5.08. The zero-order chi connectivity index (χ0) is 14.4. The average molecular weight is 271 g/mol. The van der Waals surface area contributed by atoms with E-state index in [1.165, 1.54) is 0 Å². The highest BCUT2D eigenvalue weighted by Gasteiger charge is 2.37. The van der Waals surface area contributed by atoms with Crippen LogP contribution in [0.3, 0.4) is 0 Å². The first kappa shape index (κ1) is 15.8. The maximum atomic E-state index is 12.1. The third-order valence-corrected chi connectivity index (χ3v) is 3.51. The van der Waals surface area contributed by atoms with E-state index in [1.807, 2.05) is 13.8 Å². The van der Waals surface area contributed by atoms with E-state index in [4.69, 9.17) is 4.74 Å². The van der Waals surface area contributed by atoms with E-state index < -0.39 is 11.9 Å². The van der Waals surface area contributed by atoms with Crippen LogP contribution in [0.4, 0.5) is 4.79 Å². The third kappa shape index (κ3) is 4.40. The van der Waals surface area contributed by atoms with Gasteiger partial charge in [-0.2, -0.15) is 0 Å². The van der Waals surface area contributed by atoms with Gasteiger partial charge >= 0.3 is 12.1 Å². The monoisotopic (exact) mass is 271 g/mol. The molecule has 1 amide bonds. The molecule has 5 nitrogen and oxygen atoms in total. The Morgan fingerprint density at radius 2 is 1.95 bits per heavy atom. The van der Waals surface area contributed by atoms with Crippen molar-refractivity contribution in [2.45, 2.75) is 52.5 Å². The lowest BCUT2D eigenvalue weighted by atomic mass is 9.83. The van der Waals surface area contributed by atoms with Gasteiger partial charge in [0.1, 0.15) is 0 Å². The fraction of sp³-hybridized carbons (Fsp3) is 0.857. The summed E-state index contributed by atoms with van der Waals surface area (Å²) in [5, 5.41) is 9.32. The second kappa shape index (κ2) is 7.36. The molecule has 0 aromatic heterocycles. The van der Waals surface area contributed by atoms with E-state index >= 15 is 0 Å². The van der Waals surface area contributed by atoms with Gasteiger partial charge in [0, 0.05) is 12.6 Å². The first-order chi connectivity index (χ1) is 8.97. The number of hydrogen-bond acceptors (Lipinski definition) is 3. The van der Waals surface area contributed by atoms with Gasteiger partial charge in [-0.1, -0.05) is 26.7 Å². The molecule has 1 N–H and O–H groups in total. The number of carbonyl (C=O) groups is 2. The Bertz CT molecular complexity index is 317. The van der Waals surface area contributed by atoms with Crippen molar-refractivity contribution in [1.82, 2.24) is 4.90 Å². The molecule has 1 fully saturated rings. The van der Waals surface area contributed by atoms with Gasteiger partial charge < -0.3 is 14.7 Å². The Labute approximate surface area is 114 Å². The number of carbonyl (C=O) groups excluding carboxylic acids is 1. The lowest BCUT2D eigenvalue weighted by Gasteiger charge is -2.38. The number of carboxylic acids is 1. The van der Waals surface area contributed by atoms with E-state index in [2.05, 4.69) is 0 Å². The van der Waals surface area contributed by atoms with Crippen LogP contribution < -0.4 is 0 Å². The summed E-state index contributed by atoms with van der Waals surface area (Å²) >= 11 is 0. The Hall–Kier alpha value is -1.26. The van der Waals surface area contributed by atoms with E-state index in [-0.39, 0.29) is 12.1 Å². The van der Waals surface area contributed by atoms with Gasteiger partial charge in [0.15, 0.2) is 0 Å². The molecule has 0 aliphatic heterocycles. The second-order valence-electron chi connectivity index (χ2n) is 5.54. The molecule has 2 unspecified atom stereocenters. The Balaban J connectivity index is 2.86. The molecule has 1 rings (SSSR count). The summed E-state index contributed by atoms with van der Waals surface area (Å²) in [6, 6.07) is -0.229. The summed E-state index contributed by atoms with van der Waals surface area (Å²) in [5.41, 5.74) is 0. The fourth-order valence-electron chi connectivity index (χ4n) is 2.72. The number of rotatable bonds is 5. The van der Waals surface area contributed by atoms with Crippen LogP contribution in [0.25, 0.3) is 0 Å². The number of carboxylic acid groups (broad SMARTS) is 1. The van der Waals surface area contributed by atoms with Crippen LogP contribution >= 0.6 is 0 Å². The van der Waals surface area contributed by atoms with Gasteiger partial charge in [0.2, 0.25) is 0 Å². The number of amides is 1. The summed E-state index contributed by atoms with van der Waals surface area (Å²) in [6.45, 7) is 6.67. The minimum absolute atomic E-state index is 0.229. The molecule has 0 radical (unpaired) electrons. The fourth-order valence-corrected chi connectivity index (χ4v) is 2.72. The van der Waals surface area contributed by atoms with Crippen molar-refractivity contribution >= 4 is 12.1 Å². The van der Waals surface area contributed by atoms with E-state index in [0.29, 0.717) is 25.5 Å². The lowest BCUT2D eigenvalue weighted by molar-refractivity contribution is -0.145. The van der Waals surface area contributed by atoms with Gasteiger partial charge in [-0.05, 0) is 25.7 Å². The molecule has 1 aliphatic rings. The van der Waals surface area contributed by atoms with Crippen LogP contribution in [-0.4, -0.2) is 41.3 Å². The van der Waals surface area contributed by atoms with Crippen molar-refractivity contribution in [3.8, 4) is 0 Å². The van der Waals surface area contributed by atoms with Gasteiger partial charge in [0.25, 0.3) is 0 Å². The lowest BCUT2D eigenvalue weighted by Crippen LogP contribution is -2.49. The van der Waals surface area contributed by atoms with Crippen molar-refractivity contribution in [2.24, 2.45) is 11.8 Å². The highest BCUT2D eigenvalue weighted by atomic mass is 16.6. The molecular formula is C14H25NO4. The maximum Gasteiger partial charge on any atom is 0.410 e. The van der Waals surface area contributed by atoms with Crippen molar-refractivity contribution < 1.29 is 19.4 Å². The molecule has 0 bridgehead atoms. The first-order valence-corrected chi connectivity index (χ1v) is 7.13. The van der Waals surface area contributed by atoms with E-state index in [9.17, 15) is 14.7 Å². The normalized spacial score (nSPS) is 23.2. The van der Waals surface area contributed by atoms with Crippen LogP contribution in [0.2, 0.25) is 0 Å². The zero-order valence-corrected chi connectivity index (χ0v) is 12.1. The average Bonchev–Trinajstić information content (AvgIpc) is 2.36. The standard InChI is InChI=1S/C14H25NO4/c1-4-19-14(18)15(9-10(2)3)12-8-6-5-7-11(12)13(16)17/h10-12H,4-9H2,1-3H3,(H,16,17). The quantitative estimate of drug-likeness (QED) is 0.835. The minimum atomic E-state index is -0.803. The second-order valence-corrected chi connectivity index (χ2v) is 5.54. The highest BCUT2D eigenvalue weighted by molar-refractivity contribution is 5.73. The van der Waals surface area contributed by atoms with Crippen LogP contribution in [0, 0.1) is 11.8 Å². The molecule has 0 aromatic carbocycles. The maximum absolute atomic E-state index is 12.1. The smallest absolute Gasteiger partial charge is 0.410 e. The number of hydrogen-bond donors (Lipinski definition) is 1. The largest absolute Gasteiger partial charge is 0.481 e. The van der Waals surface area contributed by atoms with Crippen molar-refractivity contribution in [3.63, 3.8) is 0 Å². The summed E-state index contributed by atoms with van der Waals surface area (Å²) in [6.07, 6.45) is 2.92. The van der Waals surface area contributed by atoms with Gasteiger partial charge in [-0.25, -0.2) is 4.79 Å². The van der Waals surface area contributed by atoms with Crippen molar-refractivity contribution in [1.29, 1.82) is 0 Å². The molecule has 1 saturated carbocycles. The topological polar surface area (TPSA) is 66.8 Å². The molecule has 110 valence electrons. The van der Waals surface area contributed by atoms with Crippen LogP contribution in [0.5, 0.6) is 0 Å². The predicted molar refractivity (Wildman–Crippen MR) is 71.9 cm³/mol. The molecule has 0 heterocycles. The first-order valence-electron chi connectivity index (χ1n) is 7.13. The van der Waals surface area contributed by atoms with Crippen LogP contribution in [0.1, 0.15) is 46.5 Å². The third-order valence-electron chi connectivity index (χ3n) is 3.51. The SMILES string of the molecule is CCOC(=O)N(CC(C)C)C1CCCCC1C(=O)O. The summed E-state index contributed by atoms with van der Waals surface area (Å²) in [5.74, 6) is -0.972. The molecule has 0 spiro atoms. The summed E-state index contributed by atoms with van der Waals surface area (Å²) in [7, 11) is 0. The van der Waals surface area contributed by atoms with Gasteiger partial charge in [0.05, 0.1) is 12.5 Å². The van der Waals surface area contributed by atoms with Gasteiger partial charge in [-0.15, -0.1) is 0 Å². The Kier molecular flexibility index (Phi) is 6.12. The minimum Gasteiger partial charge on any atom is -0.481 e. The van der Waals surface area contributed by atoms with Crippen molar-refractivity contribution in [2.75, 3.05) is 13.2 Å². The molecule has 0 aromatic rings. The number of nitrogens with zero attached hydrogens (tertiary/aromatic N) is 1. The zero-order valence-electron chi connectivity index (χ0n) is 12.1. The van der Waals surface area contributed by atoms with Crippen molar-refractivity contribution in [3.05, 3.63) is 0 Å². The Morgan fingerprint density at radius 3 is 2.47 bits per heavy atom. The van der Waals surface area contributed by atoms with Gasteiger partial charge in [-0.3, -0.25) is 4.79 Å². The van der Waals surface area contributed by atoms with Crippen LogP contribution in [-0.2, 0) is 9.53 Å². The molecule has 1 aliphatic carbocycles. The van der Waals surface area contributed by atoms with E-state index in [1.54, 1.807) is 11.8 Å². The highest BCUT2D eigenvalue weighted by Crippen LogP contribution is 2.29. The number of aliphatic carboxylic acids is 1. The molecule has 0 saturated heterocycles. The number of ether oxygens (including phenoxy) is 1. The predicted octanol–water partition coefficient (Wildman–Crippen LogP) is 2.74. The van der Waals surface area contributed by atoms with Crippen LogP contribution in [0.15, 0.2) is 0 Å². The molecule has 19 heavy (non-hydrogen) atoms.